The number of ether oxygens (including phenoxy) is 1. The lowest BCUT2D eigenvalue weighted by Crippen LogP contribution is -2.34. The van der Waals surface area contributed by atoms with Crippen molar-refractivity contribution in [3.05, 3.63) is 30.0 Å². The van der Waals surface area contributed by atoms with Gasteiger partial charge in [-0.25, -0.2) is 9.59 Å². The van der Waals surface area contributed by atoms with E-state index in [1.54, 1.807) is 31.3 Å². The Kier molecular flexibility index (Phi) is 4.44. The smallest absolute Gasteiger partial charge is 0.338 e. The van der Waals surface area contributed by atoms with E-state index < -0.39 is 18.1 Å². The summed E-state index contributed by atoms with van der Waals surface area (Å²) in [5.41, 5.74) is 1.53. The first-order valence-electron chi connectivity index (χ1n) is 6.43. The maximum atomic E-state index is 11.8. The fraction of sp³-hybridized carbons (Fsp3) is 0.286. The van der Waals surface area contributed by atoms with E-state index in [1.807, 2.05) is 0 Å². The third kappa shape index (κ3) is 3.51. The second-order valence-corrected chi connectivity index (χ2v) is 4.64. The van der Waals surface area contributed by atoms with Gasteiger partial charge in [-0.1, -0.05) is 0 Å². The molecule has 7 nitrogen and oxygen atoms in total. The summed E-state index contributed by atoms with van der Waals surface area (Å²) in [4.78, 5) is 26.4. The topological polar surface area (TPSA) is 103 Å². The molecule has 0 saturated heterocycles. The van der Waals surface area contributed by atoms with Crippen LogP contribution in [0.15, 0.2) is 24.4 Å². The Morgan fingerprint density at radius 2 is 2.19 bits per heavy atom. The Balaban J connectivity index is 2.24. The molecule has 0 unspecified atom stereocenters. The molecule has 0 spiro atoms. The second kappa shape index (κ2) is 6.27. The number of hydrogen-bond donors (Lipinski definition) is 4. The van der Waals surface area contributed by atoms with Crippen LogP contribution >= 0.6 is 0 Å². The zero-order valence-electron chi connectivity index (χ0n) is 11.8. The van der Waals surface area contributed by atoms with E-state index in [1.165, 1.54) is 7.11 Å². The van der Waals surface area contributed by atoms with Crippen LogP contribution in [0.2, 0.25) is 0 Å². The van der Waals surface area contributed by atoms with Crippen molar-refractivity contribution in [3.8, 4) is 0 Å². The fourth-order valence-electron chi connectivity index (χ4n) is 1.93. The van der Waals surface area contributed by atoms with Crippen LogP contribution in [0.25, 0.3) is 10.9 Å². The van der Waals surface area contributed by atoms with Gasteiger partial charge >= 0.3 is 12.0 Å². The molecule has 7 heteroatoms. The minimum Gasteiger partial charge on any atom is -0.465 e. The van der Waals surface area contributed by atoms with Crippen molar-refractivity contribution < 1.29 is 19.4 Å². The third-order valence-electron chi connectivity index (χ3n) is 2.89. The predicted octanol–water partition coefficient (Wildman–Crippen LogP) is 1.46. The summed E-state index contributed by atoms with van der Waals surface area (Å²) in [6.07, 6.45) is 1.07. The number of nitrogens with one attached hydrogen (secondary N) is 3. The van der Waals surface area contributed by atoms with Crippen molar-refractivity contribution in [2.24, 2.45) is 0 Å². The highest BCUT2D eigenvalue weighted by molar-refractivity contribution is 6.06. The van der Waals surface area contributed by atoms with Crippen LogP contribution in [0.4, 0.5) is 10.5 Å². The molecule has 0 aliphatic heterocycles. The second-order valence-electron chi connectivity index (χ2n) is 4.64. The van der Waals surface area contributed by atoms with Crippen molar-refractivity contribution in [2.45, 2.75) is 13.0 Å². The molecule has 2 rings (SSSR count). The number of aliphatic hydroxyl groups excluding tert-OH is 1. The molecule has 1 heterocycles. The number of H-pyrrole nitrogens is 1. The highest BCUT2D eigenvalue weighted by atomic mass is 16.5. The van der Waals surface area contributed by atoms with Gasteiger partial charge in [0, 0.05) is 29.3 Å². The molecule has 0 aliphatic rings. The summed E-state index contributed by atoms with van der Waals surface area (Å²) in [7, 11) is 1.30. The van der Waals surface area contributed by atoms with Crippen LogP contribution in [0, 0.1) is 0 Å². The van der Waals surface area contributed by atoms with Gasteiger partial charge in [0.05, 0.1) is 18.8 Å². The highest BCUT2D eigenvalue weighted by Crippen LogP contribution is 2.23. The van der Waals surface area contributed by atoms with E-state index >= 15 is 0 Å². The van der Waals surface area contributed by atoms with Gasteiger partial charge in [0.25, 0.3) is 0 Å². The number of aromatic nitrogens is 1. The quantitative estimate of drug-likeness (QED) is 0.640. The normalized spacial score (nSPS) is 12.0. The Labute approximate surface area is 121 Å². The van der Waals surface area contributed by atoms with Gasteiger partial charge < -0.3 is 25.5 Å². The van der Waals surface area contributed by atoms with Gasteiger partial charge in [0.15, 0.2) is 0 Å². The molecule has 1 aromatic heterocycles. The van der Waals surface area contributed by atoms with Gasteiger partial charge in [0.1, 0.15) is 0 Å². The first-order chi connectivity index (χ1) is 10.0. The van der Waals surface area contributed by atoms with E-state index in [2.05, 4.69) is 15.6 Å². The number of rotatable bonds is 4. The Morgan fingerprint density at radius 1 is 1.43 bits per heavy atom. The summed E-state index contributed by atoms with van der Waals surface area (Å²) < 4.78 is 4.74. The van der Waals surface area contributed by atoms with Gasteiger partial charge in [-0.3, -0.25) is 0 Å². The van der Waals surface area contributed by atoms with Gasteiger partial charge in [-0.15, -0.1) is 0 Å². The molecule has 1 aromatic carbocycles. The molecule has 0 aliphatic carbocycles. The highest BCUT2D eigenvalue weighted by Gasteiger charge is 2.14. The van der Waals surface area contributed by atoms with Crippen molar-refractivity contribution in [3.63, 3.8) is 0 Å². The van der Waals surface area contributed by atoms with E-state index in [4.69, 9.17) is 9.84 Å². The summed E-state index contributed by atoms with van der Waals surface area (Å²) in [5.74, 6) is -0.479. The zero-order valence-corrected chi connectivity index (χ0v) is 11.8. The van der Waals surface area contributed by atoms with Crippen molar-refractivity contribution in [1.82, 2.24) is 10.3 Å². The molecule has 21 heavy (non-hydrogen) atoms. The Morgan fingerprint density at radius 3 is 2.86 bits per heavy atom. The molecule has 4 N–H and O–H groups in total. The molecule has 1 atom stereocenters. The number of carbonyl (C=O) groups is 2. The average Bonchev–Trinajstić information content (AvgIpc) is 2.91. The molecule has 0 bridgehead atoms. The molecular weight excluding hydrogens is 274 g/mol. The van der Waals surface area contributed by atoms with Crippen LogP contribution in [-0.4, -0.2) is 41.8 Å². The predicted molar refractivity (Wildman–Crippen MR) is 78.3 cm³/mol. The number of fused-ring (bicyclic) bond motifs is 1. The first-order valence-corrected chi connectivity index (χ1v) is 6.43. The molecule has 2 aromatic rings. The largest absolute Gasteiger partial charge is 0.465 e. The molecule has 0 saturated carbocycles. The molecule has 112 valence electrons. The summed E-state index contributed by atoms with van der Waals surface area (Å²) in [6, 6.07) is 4.56. The zero-order chi connectivity index (χ0) is 15.4. The number of hydrogen-bond acceptors (Lipinski definition) is 4. The minimum atomic E-state index is -0.632. The van der Waals surface area contributed by atoms with Gasteiger partial charge in [-0.05, 0) is 25.1 Å². The van der Waals surface area contributed by atoms with Crippen molar-refractivity contribution >= 4 is 28.6 Å². The lowest BCUT2D eigenvalue weighted by molar-refractivity contribution is 0.0603. The van der Waals surface area contributed by atoms with Crippen LogP contribution in [0.5, 0.6) is 0 Å². The lowest BCUT2D eigenvalue weighted by Gasteiger charge is -2.10. The van der Waals surface area contributed by atoms with Crippen LogP contribution in [0.1, 0.15) is 17.3 Å². The number of aliphatic hydroxyl groups is 1. The van der Waals surface area contributed by atoms with Crippen LogP contribution < -0.4 is 10.6 Å². The number of anilines is 1. The first kappa shape index (κ1) is 14.9. The third-order valence-corrected chi connectivity index (χ3v) is 2.89. The van der Waals surface area contributed by atoms with E-state index in [0.717, 1.165) is 5.39 Å². The number of methoxy groups -OCH3 is 1. The summed E-state index contributed by atoms with van der Waals surface area (Å²) >= 11 is 0. The number of carbonyl (C=O) groups excluding carboxylic acids is 2. The van der Waals surface area contributed by atoms with E-state index in [-0.39, 0.29) is 6.54 Å². The minimum absolute atomic E-state index is 0.139. The van der Waals surface area contributed by atoms with Crippen molar-refractivity contribution in [1.29, 1.82) is 0 Å². The summed E-state index contributed by atoms with van der Waals surface area (Å²) in [6.45, 7) is 1.71. The SMILES string of the molecule is COC(=O)c1cc(NC(=O)NC[C@H](C)O)cc2[nH]ccc12. The summed E-state index contributed by atoms with van der Waals surface area (Å²) in [5, 5.41) is 15.0. The molecule has 0 radical (unpaired) electrons. The standard InChI is InChI=1S/C14H17N3O4/c1-8(18)7-16-14(20)17-9-5-11(13(19)21-2)10-3-4-15-12(10)6-9/h3-6,8,15,18H,7H2,1-2H3,(H2,16,17,20)/t8-/m0/s1. The number of amides is 2. The number of benzene rings is 1. The van der Waals surface area contributed by atoms with E-state index in [9.17, 15) is 9.59 Å². The van der Waals surface area contributed by atoms with Gasteiger partial charge in [-0.2, -0.15) is 0 Å². The molecule has 2 amide bonds. The molecule has 0 fully saturated rings. The van der Waals surface area contributed by atoms with E-state index in [0.29, 0.717) is 16.8 Å². The molecular formula is C14H17N3O4. The number of esters is 1. The van der Waals surface area contributed by atoms with Crippen molar-refractivity contribution in [2.75, 3.05) is 19.0 Å². The maximum Gasteiger partial charge on any atom is 0.338 e. The average molecular weight is 291 g/mol. The Hall–Kier alpha value is -2.54. The van der Waals surface area contributed by atoms with Crippen LogP contribution in [-0.2, 0) is 4.74 Å². The Bertz CT molecular complexity index is 663. The number of aromatic amines is 1. The monoisotopic (exact) mass is 291 g/mol. The lowest BCUT2D eigenvalue weighted by atomic mass is 10.1. The number of urea groups is 1. The fourth-order valence-corrected chi connectivity index (χ4v) is 1.93. The maximum absolute atomic E-state index is 11.8. The van der Waals surface area contributed by atoms with Gasteiger partial charge in [0.2, 0.25) is 0 Å². The van der Waals surface area contributed by atoms with Crippen LogP contribution in [0.3, 0.4) is 0 Å².